The van der Waals surface area contributed by atoms with Crippen LogP contribution in [0, 0.1) is 5.92 Å². The molecule has 3 aromatic rings. The molecule has 1 aliphatic rings. The largest absolute Gasteiger partial charge is 0.507 e. The van der Waals surface area contributed by atoms with Gasteiger partial charge in [0.2, 0.25) is 0 Å². The van der Waals surface area contributed by atoms with E-state index in [1.54, 1.807) is 79.9 Å². The zero-order valence-electron chi connectivity index (χ0n) is 21.6. The van der Waals surface area contributed by atoms with Crippen molar-refractivity contribution < 1.29 is 29.0 Å². The number of aliphatic hydroxyl groups excluding tert-OH is 1. The molecule has 1 saturated heterocycles. The van der Waals surface area contributed by atoms with Crippen LogP contribution >= 0.6 is 0 Å². The number of aliphatic hydroxyl groups is 1. The second kappa shape index (κ2) is 11.7. The molecule has 38 heavy (non-hydrogen) atoms. The van der Waals surface area contributed by atoms with E-state index in [-0.39, 0.29) is 23.7 Å². The Labute approximate surface area is 221 Å². The summed E-state index contributed by atoms with van der Waals surface area (Å²) in [7, 11) is 0. The highest BCUT2D eigenvalue weighted by Gasteiger charge is 2.47. The van der Waals surface area contributed by atoms with E-state index >= 15 is 0 Å². The number of carbonyl (C=O) groups excluding carboxylic acids is 3. The lowest BCUT2D eigenvalue weighted by atomic mass is 9.98. The minimum atomic E-state index is -0.941. The molecule has 1 aromatic heterocycles. The van der Waals surface area contributed by atoms with E-state index in [2.05, 4.69) is 4.98 Å². The number of pyridine rings is 1. The smallest absolute Gasteiger partial charge is 0.310 e. The summed E-state index contributed by atoms with van der Waals surface area (Å²) in [6, 6.07) is 17.7. The van der Waals surface area contributed by atoms with Gasteiger partial charge in [0.25, 0.3) is 11.7 Å². The van der Waals surface area contributed by atoms with Gasteiger partial charge in [-0.2, -0.15) is 0 Å². The van der Waals surface area contributed by atoms with Crippen molar-refractivity contribution in [3.05, 3.63) is 95.3 Å². The summed E-state index contributed by atoms with van der Waals surface area (Å²) >= 11 is 0. The lowest BCUT2D eigenvalue weighted by Gasteiger charge is -2.24. The Kier molecular flexibility index (Phi) is 8.21. The molecule has 1 fully saturated rings. The first-order valence-electron chi connectivity index (χ1n) is 12.5. The number of carbonyl (C=O) groups is 3. The first kappa shape index (κ1) is 26.6. The molecular formula is C30H30N2O6. The number of anilines is 1. The summed E-state index contributed by atoms with van der Waals surface area (Å²) in [5.41, 5.74) is 1.90. The van der Waals surface area contributed by atoms with Crippen LogP contribution in [0.3, 0.4) is 0 Å². The zero-order valence-corrected chi connectivity index (χ0v) is 21.6. The van der Waals surface area contributed by atoms with Gasteiger partial charge >= 0.3 is 5.97 Å². The first-order valence-corrected chi connectivity index (χ1v) is 12.5. The van der Waals surface area contributed by atoms with Crippen molar-refractivity contribution in [1.29, 1.82) is 0 Å². The monoisotopic (exact) mass is 514 g/mol. The maximum absolute atomic E-state index is 13.3. The van der Waals surface area contributed by atoms with Crippen molar-refractivity contribution in [1.82, 2.24) is 4.98 Å². The maximum Gasteiger partial charge on any atom is 0.310 e. The van der Waals surface area contributed by atoms with Gasteiger partial charge < -0.3 is 14.6 Å². The van der Waals surface area contributed by atoms with E-state index in [9.17, 15) is 19.5 Å². The summed E-state index contributed by atoms with van der Waals surface area (Å²) < 4.78 is 10.7. The fourth-order valence-electron chi connectivity index (χ4n) is 4.20. The Hall–Kier alpha value is -4.46. The Bertz CT molecular complexity index is 1330. The molecule has 0 spiro atoms. The lowest BCUT2D eigenvalue weighted by molar-refractivity contribution is -0.142. The number of Topliss-reactive ketones (excluding diaryl/α,β-unsaturated/α-hetero) is 1. The minimum Gasteiger partial charge on any atom is -0.507 e. The Morgan fingerprint density at radius 2 is 1.74 bits per heavy atom. The van der Waals surface area contributed by atoms with Gasteiger partial charge in [0.05, 0.1) is 30.9 Å². The highest BCUT2D eigenvalue weighted by molar-refractivity contribution is 6.51. The molecule has 2 aromatic carbocycles. The molecule has 0 aliphatic carbocycles. The highest BCUT2D eigenvalue weighted by atomic mass is 16.5. The summed E-state index contributed by atoms with van der Waals surface area (Å²) in [5, 5.41) is 11.3. The van der Waals surface area contributed by atoms with Gasteiger partial charge in [-0.3, -0.25) is 24.3 Å². The third kappa shape index (κ3) is 5.75. The average molecular weight is 515 g/mol. The van der Waals surface area contributed by atoms with Gasteiger partial charge in [-0.25, -0.2) is 0 Å². The molecule has 4 rings (SSSR count). The molecule has 1 amide bonds. The first-order chi connectivity index (χ1) is 18.3. The van der Waals surface area contributed by atoms with Crippen LogP contribution in [0.15, 0.2) is 78.5 Å². The van der Waals surface area contributed by atoms with Crippen molar-refractivity contribution in [2.45, 2.75) is 33.2 Å². The number of ether oxygens (including phenoxy) is 2. The van der Waals surface area contributed by atoms with Crippen LogP contribution in [-0.4, -0.2) is 41.0 Å². The van der Waals surface area contributed by atoms with Crippen LogP contribution in [-0.2, 0) is 25.5 Å². The molecule has 1 atom stereocenters. The fourth-order valence-corrected chi connectivity index (χ4v) is 4.20. The number of hydrogen-bond acceptors (Lipinski definition) is 7. The van der Waals surface area contributed by atoms with Crippen LogP contribution < -0.4 is 9.64 Å². The number of hydrogen-bond donors (Lipinski definition) is 1. The van der Waals surface area contributed by atoms with Gasteiger partial charge in [0.15, 0.2) is 0 Å². The van der Waals surface area contributed by atoms with Crippen molar-refractivity contribution in [2.24, 2.45) is 5.92 Å². The fraction of sp³-hybridized carbons (Fsp3) is 0.267. The number of amides is 1. The van der Waals surface area contributed by atoms with E-state index in [4.69, 9.17) is 9.47 Å². The van der Waals surface area contributed by atoms with Crippen molar-refractivity contribution in [3.63, 3.8) is 0 Å². The Morgan fingerprint density at radius 3 is 2.34 bits per heavy atom. The highest BCUT2D eigenvalue weighted by Crippen LogP contribution is 2.41. The van der Waals surface area contributed by atoms with E-state index in [1.165, 1.54) is 4.90 Å². The number of ketones is 1. The minimum absolute atomic E-state index is 0.0554. The van der Waals surface area contributed by atoms with E-state index in [0.29, 0.717) is 47.4 Å². The number of aromatic nitrogens is 1. The Balaban J connectivity index is 1.72. The SMILES string of the molecule is CCOC(=O)Cc1ccc(N2C(=O)C(=O)/C(=C(\O)c3ccc(OCC(C)C)cc3)C2c2ccccn2)cc1. The van der Waals surface area contributed by atoms with Crippen LogP contribution in [0.1, 0.15) is 43.6 Å². The van der Waals surface area contributed by atoms with Crippen LogP contribution in [0.25, 0.3) is 5.76 Å². The van der Waals surface area contributed by atoms with E-state index in [0.717, 1.165) is 0 Å². The Morgan fingerprint density at radius 1 is 1.03 bits per heavy atom. The molecule has 8 nitrogen and oxygen atoms in total. The van der Waals surface area contributed by atoms with E-state index in [1.807, 2.05) is 13.8 Å². The molecule has 2 heterocycles. The van der Waals surface area contributed by atoms with E-state index < -0.39 is 17.7 Å². The molecular weight excluding hydrogens is 484 g/mol. The van der Waals surface area contributed by atoms with Gasteiger partial charge in [0.1, 0.15) is 17.6 Å². The predicted molar refractivity (Wildman–Crippen MR) is 143 cm³/mol. The van der Waals surface area contributed by atoms with Gasteiger partial charge in [-0.15, -0.1) is 0 Å². The summed E-state index contributed by atoms with van der Waals surface area (Å²) in [4.78, 5) is 44.1. The zero-order chi connectivity index (χ0) is 27.2. The van der Waals surface area contributed by atoms with Crippen LogP contribution in [0.5, 0.6) is 5.75 Å². The van der Waals surface area contributed by atoms with Gasteiger partial charge in [0, 0.05) is 17.4 Å². The second-order valence-electron chi connectivity index (χ2n) is 9.30. The number of nitrogens with zero attached hydrogens (tertiary/aromatic N) is 2. The number of esters is 1. The molecule has 8 heteroatoms. The predicted octanol–water partition coefficient (Wildman–Crippen LogP) is 4.85. The molecule has 0 saturated carbocycles. The average Bonchev–Trinajstić information content (AvgIpc) is 3.18. The third-order valence-electron chi connectivity index (χ3n) is 5.99. The van der Waals surface area contributed by atoms with Crippen LogP contribution in [0.2, 0.25) is 0 Å². The molecule has 1 aliphatic heterocycles. The second-order valence-corrected chi connectivity index (χ2v) is 9.30. The molecule has 0 radical (unpaired) electrons. The summed E-state index contributed by atoms with van der Waals surface area (Å²) in [6.07, 6.45) is 1.66. The topological polar surface area (TPSA) is 106 Å². The van der Waals surface area contributed by atoms with Gasteiger partial charge in [-0.1, -0.05) is 32.0 Å². The third-order valence-corrected chi connectivity index (χ3v) is 5.99. The molecule has 196 valence electrons. The van der Waals surface area contributed by atoms with Crippen molar-refractivity contribution in [2.75, 3.05) is 18.1 Å². The maximum atomic E-state index is 13.3. The van der Waals surface area contributed by atoms with Crippen LogP contribution in [0.4, 0.5) is 5.69 Å². The standard InChI is InChI=1S/C30H30N2O6/c1-4-37-25(33)17-20-8-12-22(13-9-20)32-27(24-7-5-6-16-31-24)26(29(35)30(32)36)28(34)21-10-14-23(15-11-21)38-18-19(2)3/h5-16,19,27,34H,4,17-18H2,1-3H3/b28-26-. The quantitative estimate of drug-likeness (QED) is 0.188. The number of benzene rings is 2. The summed E-state index contributed by atoms with van der Waals surface area (Å²) in [6.45, 7) is 6.67. The number of rotatable bonds is 9. The molecule has 1 unspecified atom stereocenters. The lowest BCUT2D eigenvalue weighted by Crippen LogP contribution is -2.29. The van der Waals surface area contributed by atoms with Crippen molar-refractivity contribution in [3.8, 4) is 5.75 Å². The summed E-state index contributed by atoms with van der Waals surface area (Å²) in [5.74, 6) is -1.24. The molecule has 0 bridgehead atoms. The normalized spacial score (nSPS) is 16.6. The van der Waals surface area contributed by atoms with Crippen molar-refractivity contribution >= 4 is 29.1 Å². The van der Waals surface area contributed by atoms with Gasteiger partial charge in [-0.05, 0) is 66.9 Å². The molecule has 1 N–H and O–H groups in total.